The van der Waals surface area contributed by atoms with Crippen molar-refractivity contribution < 1.29 is 4.79 Å². The third kappa shape index (κ3) is 2.12. The molecule has 0 amide bonds. The van der Waals surface area contributed by atoms with Gasteiger partial charge in [-0.25, -0.2) is 0 Å². The smallest absolute Gasteiger partial charge is 0.147 e. The molecule has 0 saturated heterocycles. The lowest BCUT2D eigenvalue weighted by Gasteiger charge is -1.98. The predicted molar refractivity (Wildman–Crippen MR) is 34.8 cm³/mol. The van der Waals surface area contributed by atoms with Gasteiger partial charge in [-0.05, 0) is 5.92 Å². The van der Waals surface area contributed by atoms with E-state index in [1.165, 1.54) is 5.54 Å². The van der Waals surface area contributed by atoms with Crippen LogP contribution >= 0.6 is 11.6 Å². The Balaban J connectivity index is 3.91. The first-order chi connectivity index (χ1) is 3.72. The van der Waals surface area contributed by atoms with Gasteiger partial charge >= 0.3 is 0 Å². The lowest BCUT2D eigenvalue weighted by molar-refractivity contribution is -0.105. The first-order valence-electron chi connectivity index (χ1n) is 2.47. The van der Waals surface area contributed by atoms with E-state index >= 15 is 0 Å². The predicted octanol–water partition coefficient (Wildman–Crippen LogP) is 1.96. The Bertz CT molecular complexity index is 105. The third-order valence-corrected chi connectivity index (χ3v) is 1.18. The van der Waals surface area contributed by atoms with Crippen LogP contribution < -0.4 is 0 Å². The van der Waals surface area contributed by atoms with Crippen molar-refractivity contribution >= 4 is 17.9 Å². The fraction of sp³-hybridized carbons (Fsp3) is 0.500. The van der Waals surface area contributed by atoms with Crippen molar-refractivity contribution in [3.63, 3.8) is 0 Å². The summed E-state index contributed by atoms with van der Waals surface area (Å²) in [6.45, 7) is 3.84. The van der Waals surface area contributed by atoms with E-state index in [1.54, 1.807) is 0 Å². The molecular formula is C6H9ClO. The molecule has 0 aliphatic heterocycles. The molecule has 0 aliphatic rings. The van der Waals surface area contributed by atoms with Gasteiger partial charge in [0.1, 0.15) is 6.29 Å². The summed E-state index contributed by atoms with van der Waals surface area (Å²) < 4.78 is 0. The number of hydrogen-bond acceptors (Lipinski definition) is 1. The molecular weight excluding hydrogens is 124 g/mol. The van der Waals surface area contributed by atoms with Gasteiger partial charge in [0.25, 0.3) is 0 Å². The molecule has 0 radical (unpaired) electrons. The number of carbonyl (C=O) groups excluding carboxylic acids is 1. The maximum Gasteiger partial charge on any atom is 0.147 e. The van der Waals surface area contributed by atoms with Crippen molar-refractivity contribution in [1.82, 2.24) is 0 Å². The third-order valence-electron chi connectivity index (χ3n) is 0.929. The molecule has 2 heteroatoms. The molecule has 0 aromatic carbocycles. The molecule has 0 unspecified atom stereocenters. The number of hydrogen-bond donors (Lipinski definition) is 0. The minimum absolute atomic E-state index is 0.241. The van der Waals surface area contributed by atoms with Crippen molar-refractivity contribution in [1.29, 1.82) is 0 Å². The van der Waals surface area contributed by atoms with Gasteiger partial charge in [0, 0.05) is 11.1 Å². The number of allylic oxidation sites excluding steroid dienone is 1. The summed E-state index contributed by atoms with van der Waals surface area (Å²) in [5, 5.41) is 0. The second-order valence-electron chi connectivity index (χ2n) is 1.88. The summed E-state index contributed by atoms with van der Waals surface area (Å²) >= 11 is 5.27. The highest BCUT2D eigenvalue weighted by atomic mass is 35.5. The van der Waals surface area contributed by atoms with Crippen LogP contribution in [0.2, 0.25) is 0 Å². The normalized spacial score (nSPS) is 12.2. The minimum atomic E-state index is 0.241. The van der Waals surface area contributed by atoms with Gasteiger partial charge in [0.2, 0.25) is 0 Å². The number of carbonyl (C=O) groups is 1. The Morgan fingerprint density at radius 1 is 1.62 bits per heavy atom. The molecule has 0 rings (SSSR count). The summed E-state index contributed by atoms with van der Waals surface area (Å²) in [6, 6.07) is 0. The van der Waals surface area contributed by atoms with Crippen LogP contribution in [-0.2, 0) is 4.79 Å². The highest BCUT2D eigenvalue weighted by Crippen LogP contribution is 2.06. The van der Waals surface area contributed by atoms with Gasteiger partial charge in [0.05, 0.1) is 0 Å². The lowest BCUT2D eigenvalue weighted by Crippen LogP contribution is -1.92. The molecule has 46 valence electrons. The quantitative estimate of drug-likeness (QED) is 0.415. The van der Waals surface area contributed by atoms with E-state index < -0.39 is 0 Å². The summed E-state index contributed by atoms with van der Waals surface area (Å²) in [5.74, 6) is 0.241. The van der Waals surface area contributed by atoms with E-state index in [9.17, 15) is 4.79 Å². The summed E-state index contributed by atoms with van der Waals surface area (Å²) in [4.78, 5) is 10.0. The van der Waals surface area contributed by atoms with Gasteiger partial charge in [-0.2, -0.15) is 0 Å². The van der Waals surface area contributed by atoms with Gasteiger partial charge in [-0.1, -0.05) is 25.4 Å². The SMILES string of the molecule is CC(C)/C(C=O)=C\Cl. The van der Waals surface area contributed by atoms with E-state index in [-0.39, 0.29) is 5.92 Å². The summed E-state index contributed by atoms with van der Waals surface area (Å²) in [7, 11) is 0. The Hall–Kier alpha value is -0.300. The molecule has 0 N–H and O–H groups in total. The van der Waals surface area contributed by atoms with Crippen LogP contribution in [-0.4, -0.2) is 6.29 Å². The number of halogens is 1. The Labute approximate surface area is 54.3 Å². The van der Waals surface area contributed by atoms with Gasteiger partial charge in [0.15, 0.2) is 0 Å². The molecule has 8 heavy (non-hydrogen) atoms. The molecule has 0 aromatic rings. The Morgan fingerprint density at radius 3 is 2.12 bits per heavy atom. The maximum atomic E-state index is 10.0. The number of rotatable bonds is 2. The topological polar surface area (TPSA) is 17.1 Å². The van der Waals surface area contributed by atoms with Crippen LogP contribution in [0.1, 0.15) is 13.8 Å². The Kier molecular flexibility index (Phi) is 3.53. The molecule has 0 bridgehead atoms. The largest absolute Gasteiger partial charge is 0.298 e. The fourth-order valence-corrected chi connectivity index (χ4v) is 0.591. The highest BCUT2D eigenvalue weighted by molar-refractivity contribution is 6.26. The minimum Gasteiger partial charge on any atom is -0.298 e. The number of aldehydes is 1. The highest BCUT2D eigenvalue weighted by Gasteiger charge is 1.97. The molecule has 0 heterocycles. The van der Waals surface area contributed by atoms with Crippen molar-refractivity contribution in [3.8, 4) is 0 Å². The second kappa shape index (κ2) is 3.67. The van der Waals surface area contributed by atoms with Crippen LogP contribution in [0.3, 0.4) is 0 Å². The standard InChI is InChI=1S/C6H9ClO/c1-5(2)6(3-7)4-8/h3-5H,1-2H3/b6-3-. The lowest BCUT2D eigenvalue weighted by atomic mass is 10.1. The second-order valence-corrected chi connectivity index (χ2v) is 2.10. The summed E-state index contributed by atoms with van der Waals surface area (Å²) in [5.41, 5.74) is 1.96. The first-order valence-corrected chi connectivity index (χ1v) is 2.91. The monoisotopic (exact) mass is 132 g/mol. The van der Waals surface area contributed by atoms with Gasteiger partial charge in [-0.15, -0.1) is 0 Å². The van der Waals surface area contributed by atoms with Crippen molar-refractivity contribution in [2.75, 3.05) is 0 Å². The molecule has 0 aromatic heterocycles. The zero-order chi connectivity index (χ0) is 6.57. The fourth-order valence-electron chi connectivity index (χ4n) is 0.288. The zero-order valence-electron chi connectivity index (χ0n) is 5.02. The van der Waals surface area contributed by atoms with Crippen LogP contribution in [0.15, 0.2) is 11.1 Å². The Morgan fingerprint density at radius 2 is 2.12 bits per heavy atom. The van der Waals surface area contributed by atoms with E-state index in [1.807, 2.05) is 13.8 Å². The maximum absolute atomic E-state index is 10.0. The van der Waals surface area contributed by atoms with Crippen molar-refractivity contribution in [2.45, 2.75) is 13.8 Å². The van der Waals surface area contributed by atoms with Crippen LogP contribution in [0.25, 0.3) is 0 Å². The zero-order valence-corrected chi connectivity index (χ0v) is 5.77. The average molecular weight is 133 g/mol. The molecule has 1 nitrogen and oxygen atoms in total. The van der Waals surface area contributed by atoms with E-state index in [2.05, 4.69) is 0 Å². The van der Waals surface area contributed by atoms with Gasteiger partial charge in [-0.3, -0.25) is 4.79 Å². The molecule has 0 spiro atoms. The van der Waals surface area contributed by atoms with E-state index in [0.717, 1.165) is 6.29 Å². The molecule has 0 saturated carbocycles. The van der Waals surface area contributed by atoms with E-state index in [0.29, 0.717) is 5.57 Å². The van der Waals surface area contributed by atoms with Crippen LogP contribution in [0.4, 0.5) is 0 Å². The molecule has 0 fully saturated rings. The first kappa shape index (κ1) is 7.70. The van der Waals surface area contributed by atoms with Crippen molar-refractivity contribution in [3.05, 3.63) is 11.1 Å². The molecule has 0 atom stereocenters. The summed E-state index contributed by atoms with van der Waals surface area (Å²) in [6.07, 6.45) is 0.775. The van der Waals surface area contributed by atoms with Crippen LogP contribution in [0, 0.1) is 5.92 Å². The van der Waals surface area contributed by atoms with Crippen molar-refractivity contribution in [2.24, 2.45) is 5.92 Å². The van der Waals surface area contributed by atoms with Crippen LogP contribution in [0.5, 0.6) is 0 Å². The molecule has 0 aliphatic carbocycles. The van der Waals surface area contributed by atoms with E-state index in [4.69, 9.17) is 11.6 Å². The average Bonchev–Trinajstić information content (AvgIpc) is 1.69. The van der Waals surface area contributed by atoms with Gasteiger partial charge < -0.3 is 0 Å².